The van der Waals surface area contributed by atoms with Gasteiger partial charge in [0.15, 0.2) is 0 Å². The van der Waals surface area contributed by atoms with Gasteiger partial charge in [-0.2, -0.15) is 0 Å². The highest BCUT2D eigenvalue weighted by Crippen LogP contribution is 2.06. The van der Waals surface area contributed by atoms with Crippen LogP contribution in [-0.2, 0) is 6.54 Å². The van der Waals surface area contributed by atoms with Crippen LogP contribution in [0.2, 0.25) is 0 Å². The average Bonchev–Trinajstić information content (AvgIpc) is 2.34. The van der Waals surface area contributed by atoms with E-state index in [1.165, 1.54) is 0 Å². The predicted octanol–water partition coefficient (Wildman–Crippen LogP) is 1.55. The van der Waals surface area contributed by atoms with Crippen molar-refractivity contribution in [1.29, 1.82) is 0 Å². The maximum Gasteiger partial charge on any atom is 0.212 e. The molecule has 4 heteroatoms. The topological polar surface area (TPSA) is 34.1 Å². The van der Waals surface area contributed by atoms with E-state index in [4.69, 9.17) is 11.2 Å². The molecule has 0 fully saturated rings. The monoisotopic (exact) mass is 236 g/mol. The van der Waals surface area contributed by atoms with Crippen LogP contribution in [0.3, 0.4) is 0 Å². The molecule has 0 aliphatic carbocycles. The molecule has 1 rings (SSSR count). The summed E-state index contributed by atoms with van der Waals surface area (Å²) in [5, 5.41) is 3.33. The van der Waals surface area contributed by atoms with Crippen molar-refractivity contribution in [2.75, 3.05) is 25.2 Å². The Labute approximate surface area is 101 Å². The summed E-state index contributed by atoms with van der Waals surface area (Å²) in [7, 11) is 1.61. The van der Waals surface area contributed by atoms with Gasteiger partial charge in [-0.05, 0) is 5.56 Å². The molecule has 3 nitrogen and oxygen atoms in total. The highest BCUT2D eigenvalue weighted by molar-refractivity contribution is 7.99. The molecule has 1 aromatic heterocycles. The van der Waals surface area contributed by atoms with Crippen LogP contribution in [-0.4, -0.2) is 30.1 Å². The molecule has 1 aromatic rings. The Morgan fingerprint density at radius 3 is 3.06 bits per heavy atom. The molecule has 1 heterocycles. The zero-order chi connectivity index (χ0) is 11.6. The predicted molar refractivity (Wildman–Crippen MR) is 68.7 cm³/mol. The smallest absolute Gasteiger partial charge is 0.212 e. The SMILES string of the molecule is C#CCSCCNCc1ccc(OC)nc1. The maximum atomic E-state index is 5.15. The van der Waals surface area contributed by atoms with Gasteiger partial charge >= 0.3 is 0 Å². The fourth-order valence-electron chi connectivity index (χ4n) is 1.14. The molecule has 1 N–H and O–H groups in total. The lowest BCUT2D eigenvalue weighted by molar-refractivity contribution is 0.397. The van der Waals surface area contributed by atoms with E-state index in [-0.39, 0.29) is 0 Å². The number of terminal acetylenes is 1. The zero-order valence-corrected chi connectivity index (χ0v) is 10.2. The third-order valence-corrected chi connectivity index (χ3v) is 2.81. The lowest BCUT2D eigenvalue weighted by Gasteiger charge is -2.04. The normalized spacial score (nSPS) is 9.75. The summed E-state index contributed by atoms with van der Waals surface area (Å²) >= 11 is 1.76. The Bertz CT molecular complexity index is 332. The van der Waals surface area contributed by atoms with E-state index in [1.54, 1.807) is 18.9 Å². The van der Waals surface area contributed by atoms with Gasteiger partial charge in [-0.3, -0.25) is 0 Å². The quantitative estimate of drug-likeness (QED) is 0.575. The minimum absolute atomic E-state index is 0.647. The number of nitrogens with one attached hydrogen (secondary N) is 1. The first kappa shape index (κ1) is 12.9. The largest absolute Gasteiger partial charge is 0.481 e. The number of hydrogen-bond donors (Lipinski definition) is 1. The number of thioether (sulfide) groups is 1. The van der Waals surface area contributed by atoms with E-state index >= 15 is 0 Å². The van der Waals surface area contributed by atoms with Gasteiger partial charge in [0.05, 0.1) is 12.9 Å². The summed E-state index contributed by atoms with van der Waals surface area (Å²) in [4.78, 5) is 4.13. The highest BCUT2D eigenvalue weighted by Gasteiger charge is 1.95. The van der Waals surface area contributed by atoms with Crippen LogP contribution < -0.4 is 10.1 Å². The van der Waals surface area contributed by atoms with Gasteiger partial charge in [0, 0.05) is 31.1 Å². The first-order valence-corrected chi connectivity index (χ1v) is 6.23. The van der Waals surface area contributed by atoms with Crippen LogP contribution in [0.5, 0.6) is 5.88 Å². The molecule has 86 valence electrons. The van der Waals surface area contributed by atoms with Crippen LogP contribution >= 0.6 is 11.8 Å². The third kappa shape index (κ3) is 5.06. The Hall–Kier alpha value is -1.18. The van der Waals surface area contributed by atoms with Gasteiger partial charge in [0.25, 0.3) is 0 Å². The third-order valence-electron chi connectivity index (χ3n) is 1.94. The summed E-state index contributed by atoms with van der Waals surface area (Å²) in [6, 6.07) is 3.87. The summed E-state index contributed by atoms with van der Waals surface area (Å²) in [5.41, 5.74) is 1.16. The van der Waals surface area contributed by atoms with Gasteiger partial charge in [-0.15, -0.1) is 18.2 Å². The van der Waals surface area contributed by atoms with Crippen LogP contribution in [0.25, 0.3) is 0 Å². The van der Waals surface area contributed by atoms with Crippen molar-refractivity contribution in [2.45, 2.75) is 6.54 Å². The molecule has 0 saturated carbocycles. The van der Waals surface area contributed by atoms with E-state index in [9.17, 15) is 0 Å². The van der Waals surface area contributed by atoms with Gasteiger partial charge in [0.2, 0.25) is 5.88 Å². The lowest BCUT2D eigenvalue weighted by atomic mass is 10.3. The van der Waals surface area contributed by atoms with E-state index in [1.807, 2.05) is 18.3 Å². The zero-order valence-electron chi connectivity index (χ0n) is 9.40. The van der Waals surface area contributed by atoms with Crippen molar-refractivity contribution in [3.05, 3.63) is 23.9 Å². The van der Waals surface area contributed by atoms with Crippen molar-refractivity contribution in [1.82, 2.24) is 10.3 Å². The molecule has 0 saturated heterocycles. The maximum absolute atomic E-state index is 5.15. The van der Waals surface area contributed by atoms with Crippen LogP contribution in [0.15, 0.2) is 18.3 Å². The van der Waals surface area contributed by atoms with Crippen LogP contribution in [0, 0.1) is 12.3 Å². The van der Waals surface area contributed by atoms with Crippen molar-refractivity contribution in [2.24, 2.45) is 0 Å². The minimum Gasteiger partial charge on any atom is -0.481 e. The second-order valence-electron chi connectivity index (χ2n) is 3.14. The van der Waals surface area contributed by atoms with Crippen molar-refractivity contribution >= 4 is 11.8 Å². The number of methoxy groups -OCH3 is 1. The number of rotatable bonds is 7. The molecule has 0 unspecified atom stereocenters. The summed E-state index contributed by atoms with van der Waals surface area (Å²) in [6.45, 7) is 1.78. The molecule has 16 heavy (non-hydrogen) atoms. The molecule has 0 atom stereocenters. The Morgan fingerprint density at radius 1 is 1.56 bits per heavy atom. The first-order valence-electron chi connectivity index (χ1n) is 5.07. The first-order chi connectivity index (χ1) is 7.86. The van der Waals surface area contributed by atoms with Gasteiger partial charge in [-0.1, -0.05) is 12.0 Å². The van der Waals surface area contributed by atoms with E-state index in [0.29, 0.717) is 5.88 Å². The molecular formula is C12H16N2OS. The van der Waals surface area contributed by atoms with E-state index < -0.39 is 0 Å². The Kier molecular flexibility index (Phi) is 6.47. The molecular weight excluding hydrogens is 220 g/mol. The molecule has 0 amide bonds. The number of ether oxygens (including phenoxy) is 1. The number of pyridine rings is 1. The summed E-state index contributed by atoms with van der Waals surface area (Å²) < 4.78 is 4.99. The van der Waals surface area contributed by atoms with E-state index in [0.717, 1.165) is 30.2 Å². The van der Waals surface area contributed by atoms with Crippen molar-refractivity contribution in [3.63, 3.8) is 0 Å². The lowest BCUT2D eigenvalue weighted by Crippen LogP contribution is -2.16. The van der Waals surface area contributed by atoms with E-state index in [2.05, 4.69) is 16.2 Å². The number of hydrogen-bond acceptors (Lipinski definition) is 4. The van der Waals surface area contributed by atoms with Crippen molar-refractivity contribution < 1.29 is 4.74 Å². The second-order valence-corrected chi connectivity index (χ2v) is 4.25. The molecule has 0 aliphatic rings. The second kappa shape index (κ2) is 8.03. The van der Waals surface area contributed by atoms with Crippen molar-refractivity contribution in [3.8, 4) is 18.2 Å². The molecule has 0 aliphatic heterocycles. The van der Waals surface area contributed by atoms with Gasteiger partial charge < -0.3 is 10.1 Å². The molecule has 0 aromatic carbocycles. The van der Waals surface area contributed by atoms with Gasteiger partial charge in [0.1, 0.15) is 0 Å². The Morgan fingerprint density at radius 2 is 2.44 bits per heavy atom. The fraction of sp³-hybridized carbons (Fsp3) is 0.417. The number of nitrogens with zero attached hydrogens (tertiary/aromatic N) is 1. The standard InChI is InChI=1S/C12H16N2OS/c1-3-7-16-8-6-13-9-11-4-5-12(15-2)14-10-11/h1,4-5,10,13H,6-9H2,2H3. The minimum atomic E-state index is 0.647. The number of aromatic nitrogens is 1. The molecule has 0 spiro atoms. The Balaban J connectivity index is 2.15. The highest BCUT2D eigenvalue weighted by atomic mass is 32.2. The molecule has 0 bridgehead atoms. The summed E-state index contributed by atoms with van der Waals surface area (Å²) in [6.07, 6.45) is 6.97. The summed E-state index contributed by atoms with van der Waals surface area (Å²) in [5.74, 6) is 5.07. The van der Waals surface area contributed by atoms with Gasteiger partial charge in [-0.25, -0.2) is 4.98 Å². The van der Waals surface area contributed by atoms with Crippen LogP contribution in [0.1, 0.15) is 5.56 Å². The van der Waals surface area contributed by atoms with Crippen LogP contribution in [0.4, 0.5) is 0 Å². The average molecular weight is 236 g/mol. The fourth-order valence-corrected chi connectivity index (χ4v) is 1.70. The molecule has 0 radical (unpaired) electrons.